The number of aryl methyl sites for hydroxylation is 2. The molecular formula is C87H65N. The number of rotatable bonds is 7. The highest BCUT2D eigenvalue weighted by atomic mass is 15.1. The van der Waals surface area contributed by atoms with Crippen LogP contribution in [-0.2, 0) is 23.7 Å². The van der Waals surface area contributed by atoms with Crippen LogP contribution in [-0.4, -0.2) is 0 Å². The topological polar surface area (TPSA) is 3.24 Å². The van der Waals surface area contributed by atoms with E-state index in [9.17, 15) is 0 Å². The van der Waals surface area contributed by atoms with Gasteiger partial charge in [0.25, 0.3) is 0 Å². The van der Waals surface area contributed by atoms with Crippen molar-refractivity contribution in [2.24, 2.45) is 23.7 Å². The Morgan fingerprint density at radius 1 is 0.284 bits per heavy atom. The van der Waals surface area contributed by atoms with Crippen LogP contribution in [0.15, 0.2) is 285 Å². The molecule has 0 radical (unpaired) electrons. The summed E-state index contributed by atoms with van der Waals surface area (Å²) in [7, 11) is 0. The maximum absolute atomic E-state index is 2.70. The van der Waals surface area contributed by atoms with Gasteiger partial charge in [-0.2, -0.15) is 0 Å². The predicted octanol–water partition coefficient (Wildman–Crippen LogP) is 22.3. The van der Waals surface area contributed by atoms with Crippen LogP contribution in [0.4, 0.5) is 17.1 Å². The molecule has 7 aliphatic rings. The third-order valence-corrected chi connectivity index (χ3v) is 22.4. The van der Waals surface area contributed by atoms with E-state index in [0.717, 1.165) is 30.4 Å². The quantitative estimate of drug-likeness (QED) is 0.154. The van der Waals surface area contributed by atoms with Crippen molar-refractivity contribution in [1.29, 1.82) is 0 Å². The summed E-state index contributed by atoms with van der Waals surface area (Å²) in [6.45, 7) is 0. The van der Waals surface area contributed by atoms with Crippen molar-refractivity contribution in [2.75, 3.05) is 4.90 Å². The molecule has 4 fully saturated rings. The minimum absolute atomic E-state index is 0.0204. The van der Waals surface area contributed by atoms with Crippen molar-refractivity contribution >= 4 is 38.6 Å². The van der Waals surface area contributed by atoms with Gasteiger partial charge in [0.05, 0.1) is 11.1 Å². The van der Waals surface area contributed by atoms with Gasteiger partial charge in [-0.15, -0.1) is 0 Å². The number of hydrogen-bond donors (Lipinski definition) is 0. The average molecular weight is 1120 g/mol. The van der Waals surface area contributed by atoms with E-state index < -0.39 is 5.41 Å². The number of hydrogen-bond acceptors (Lipinski definition) is 1. The van der Waals surface area contributed by atoms with Gasteiger partial charge in [0.15, 0.2) is 0 Å². The summed E-state index contributed by atoms with van der Waals surface area (Å²) in [6, 6.07) is 110. The molecule has 88 heavy (non-hydrogen) atoms. The molecule has 4 saturated carbocycles. The molecule has 13 aromatic carbocycles. The lowest BCUT2D eigenvalue weighted by Gasteiger charge is -2.61. The zero-order valence-corrected chi connectivity index (χ0v) is 49.3. The first kappa shape index (κ1) is 50.3. The Kier molecular flexibility index (Phi) is 11.1. The van der Waals surface area contributed by atoms with Crippen molar-refractivity contribution in [3.05, 3.63) is 330 Å². The molecular weight excluding hydrogens is 1060 g/mol. The first-order valence-electron chi connectivity index (χ1n) is 32.3. The molecule has 0 amide bonds. The summed E-state index contributed by atoms with van der Waals surface area (Å²) < 4.78 is 0. The molecule has 1 atom stereocenters. The summed E-state index contributed by atoms with van der Waals surface area (Å²) >= 11 is 0. The largest absolute Gasteiger partial charge is 0.310 e. The Bertz CT molecular complexity index is 4950. The molecule has 0 aliphatic heterocycles. The lowest BCUT2D eigenvalue weighted by atomic mass is 9.43. The second-order valence-corrected chi connectivity index (χ2v) is 26.6. The fraction of sp³-hybridized carbons (Fsp3) is 0.149. The molecule has 418 valence electrons. The molecule has 13 aromatic rings. The minimum atomic E-state index is -0.646. The summed E-state index contributed by atoms with van der Waals surface area (Å²) in [6.07, 6.45) is 8.70. The second kappa shape index (κ2) is 19.3. The van der Waals surface area contributed by atoms with Crippen LogP contribution in [0.25, 0.3) is 88.3 Å². The SMILES string of the molecule is c1ccc(-c2ccc(-c3ccc(N(c4ccc5c(c4)C4(c6ccccc6-5)C5CC6CC(C5)CC4C6)c4cccc5c4-c4ccccc4C54c5ccc(-c6cccc7ccccc67)cc5CCc5ccc(-c6cccc7ccccc67)cc54)cc3)cc2)cc1. The van der Waals surface area contributed by atoms with Crippen molar-refractivity contribution in [1.82, 2.24) is 0 Å². The Labute approximate surface area is 516 Å². The third kappa shape index (κ3) is 7.22. The molecule has 4 bridgehead atoms. The van der Waals surface area contributed by atoms with E-state index >= 15 is 0 Å². The summed E-state index contributed by atoms with van der Waals surface area (Å²) in [5, 5.41) is 5.09. The number of nitrogens with zero attached hydrogens (tertiary/aromatic N) is 1. The van der Waals surface area contributed by atoms with Crippen LogP contribution in [0.2, 0.25) is 0 Å². The fourth-order valence-electron chi connectivity index (χ4n) is 19.1. The standard InChI is InChI=1S/C87H65N/c1-2-15-57(16-3-1)58-31-33-59(34-32-58)60-39-42-69(43-40-60)88(70-44-45-76-75-23-8-10-27-79(75)86(83(76)54-70)67-48-55-47-56(50-67)51-68(86)49-55)84-30-14-29-81-85(84)77-24-9-11-28-80(77)87(81)78-46-41-64(73-25-12-19-61-17-4-6-21-71(61)73)52-66(78)38-36-63-35-37-65(53-82(63)87)74-26-13-20-62-18-5-7-22-72(62)74/h1-35,37,39-46,52-56,67-68H,36,38,47-51H2. The van der Waals surface area contributed by atoms with Gasteiger partial charge in [-0.05, 0) is 232 Å². The van der Waals surface area contributed by atoms with E-state index in [-0.39, 0.29) is 5.41 Å². The molecule has 7 aliphatic carbocycles. The lowest BCUT2D eigenvalue weighted by molar-refractivity contribution is -0.0399. The molecule has 20 rings (SSSR count). The van der Waals surface area contributed by atoms with Gasteiger partial charge in [-0.3, -0.25) is 0 Å². The van der Waals surface area contributed by atoms with Crippen molar-refractivity contribution in [2.45, 2.75) is 55.8 Å². The molecule has 0 N–H and O–H groups in total. The molecule has 1 unspecified atom stereocenters. The zero-order valence-electron chi connectivity index (χ0n) is 49.3. The minimum Gasteiger partial charge on any atom is -0.310 e. The van der Waals surface area contributed by atoms with Gasteiger partial charge in [0.1, 0.15) is 0 Å². The molecule has 1 nitrogen and oxygen atoms in total. The maximum Gasteiger partial charge on any atom is 0.0719 e. The fourth-order valence-corrected chi connectivity index (χ4v) is 19.1. The number of anilines is 3. The van der Waals surface area contributed by atoms with Crippen LogP contribution in [0.5, 0.6) is 0 Å². The zero-order chi connectivity index (χ0) is 57.7. The summed E-state index contributed by atoms with van der Waals surface area (Å²) in [5.74, 6) is 3.04. The first-order valence-corrected chi connectivity index (χ1v) is 32.3. The van der Waals surface area contributed by atoms with Gasteiger partial charge >= 0.3 is 0 Å². The van der Waals surface area contributed by atoms with E-state index in [1.807, 2.05) is 0 Å². The molecule has 1 heteroatoms. The Morgan fingerprint density at radius 3 is 1.49 bits per heavy atom. The smallest absolute Gasteiger partial charge is 0.0719 e. The van der Waals surface area contributed by atoms with Gasteiger partial charge < -0.3 is 4.90 Å². The van der Waals surface area contributed by atoms with E-state index in [2.05, 4.69) is 290 Å². The Morgan fingerprint density at radius 2 is 0.784 bits per heavy atom. The lowest BCUT2D eigenvalue weighted by Crippen LogP contribution is -2.55. The maximum atomic E-state index is 2.70. The second-order valence-electron chi connectivity index (χ2n) is 26.6. The van der Waals surface area contributed by atoms with Crippen LogP contribution in [0, 0.1) is 23.7 Å². The first-order chi connectivity index (χ1) is 43.6. The summed E-state index contributed by atoms with van der Waals surface area (Å²) in [4.78, 5) is 2.67. The number of fused-ring (bicyclic) bond motifs is 14. The molecule has 0 aromatic heterocycles. The predicted molar refractivity (Wildman–Crippen MR) is 366 cm³/mol. The van der Waals surface area contributed by atoms with Crippen LogP contribution < -0.4 is 4.90 Å². The number of benzene rings is 13. The van der Waals surface area contributed by atoms with Gasteiger partial charge in [0.2, 0.25) is 0 Å². The van der Waals surface area contributed by atoms with Gasteiger partial charge in [0, 0.05) is 22.4 Å². The third-order valence-electron chi connectivity index (χ3n) is 22.4. The van der Waals surface area contributed by atoms with Crippen molar-refractivity contribution in [3.63, 3.8) is 0 Å². The van der Waals surface area contributed by atoms with Crippen molar-refractivity contribution in [3.8, 4) is 66.8 Å². The Hall–Kier alpha value is -9.82. The monoisotopic (exact) mass is 1120 g/mol. The van der Waals surface area contributed by atoms with E-state index in [1.165, 1.54) is 165 Å². The molecule has 0 saturated heterocycles. The average Bonchev–Trinajstić information content (AvgIpc) is 1.53. The summed E-state index contributed by atoms with van der Waals surface area (Å²) in [5.41, 5.74) is 29.9. The van der Waals surface area contributed by atoms with Crippen molar-refractivity contribution < 1.29 is 0 Å². The highest BCUT2D eigenvalue weighted by Gasteiger charge is 2.62. The highest BCUT2D eigenvalue weighted by molar-refractivity contribution is 6.02. The van der Waals surface area contributed by atoms with Gasteiger partial charge in [-0.1, -0.05) is 249 Å². The van der Waals surface area contributed by atoms with E-state index in [1.54, 1.807) is 11.1 Å². The molecule has 2 spiro atoms. The van der Waals surface area contributed by atoms with Crippen LogP contribution in [0.3, 0.4) is 0 Å². The van der Waals surface area contributed by atoms with E-state index in [4.69, 9.17) is 0 Å². The van der Waals surface area contributed by atoms with Crippen LogP contribution >= 0.6 is 0 Å². The molecule has 0 heterocycles. The Balaban J connectivity index is 0.853. The van der Waals surface area contributed by atoms with Gasteiger partial charge in [-0.25, -0.2) is 0 Å². The normalized spacial score (nSPS) is 21.2. The van der Waals surface area contributed by atoms with Crippen LogP contribution in [0.1, 0.15) is 76.6 Å². The highest BCUT2D eigenvalue weighted by Crippen LogP contribution is 2.70. The van der Waals surface area contributed by atoms with E-state index in [0.29, 0.717) is 11.8 Å².